The van der Waals surface area contributed by atoms with Crippen LogP contribution in [-0.4, -0.2) is 25.0 Å². The minimum absolute atomic E-state index is 0.0439. The Morgan fingerprint density at radius 2 is 1.95 bits per heavy atom. The smallest absolute Gasteiger partial charge is 0.388 e. The summed E-state index contributed by atoms with van der Waals surface area (Å²) in [5, 5.41) is 9.96. The van der Waals surface area contributed by atoms with Gasteiger partial charge in [0.25, 0.3) is 0 Å². The summed E-state index contributed by atoms with van der Waals surface area (Å²) in [5.74, 6) is -2.40. The highest BCUT2D eigenvalue weighted by Gasteiger charge is 2.36. The van der Waals surface area contributed by atoms with Crippen LogP contribution in [0.4, 0.5) is 17.6 Å². The van der Waals surface area contributed by atoms with E-state index in [2.05, 4.69) is 0 Å². The highest BCUT2D eigenvalue weighted by Crippen LogP contribution is 2.35. The fourth-order valence-corrected chi connectivity index (χ4v) is 4.12. The van der Waals surface area contributed by atoms with Crippen molar-refractivity contribution in [3.05, 3.63) is 35.1 Å². The average molecular weight is 312 g/mol. The Morgan fingerprint density at radius 3 is 2.40 bits per heavy atom. The number of benzene rings is 1. The fraction of sp³-hybridized carbons (Fsp3) is 0.500. The number of hydrogen-bond acceptors (Lipinski definition) is 3. The number of halogens is 4. The summed E-state index contributed by atoms with van der Waals surface area (Å²) in [6.45, 7) is 0. The number of aliphatic hydroxyl groups is 1. The Bertz CT molecular complexity index is 610. The Kier molecular flexibility index (Phi) is 3.81. The van der Waals surface area contributed by atoms with Crippen LogP contribution in [0.25, 0.3) is 0 Å². The quantitative estimate of drug-likeness (QED) is 0.853. The second-order valence-electron chi connectivity index (χ2n) is 4.84. The third kappa shape index (κ3) is 3.12. The van der Waals surface area contributed by atoms with Gasteiger partial charge in [-0.25, -0.2) is 12.8 Å². The summed E-state index contributed by atoms with van der Waals surface area (Å²) < 4.78 is 73.2. The second-order valence-corrected chi connectivity index (χ2v) is 7.07. The predicted octanol–water partition coefficient (Wildman–Crippen LogP) is 2.31. The third-order valence-corrected chi connectivity index (χ3v) is 5.15. The zero-order valence-electron chi connectivity index (χ0n) is 10.2. The Balaban J connectivity index is 2.24. The molecule has 20 heavy (non-hydrogen) atoms. The van der Waals surface area contributed by atoms with Gasteiger partial charge in [-0.1, -0.05) is 6.07 Å². The van der Waals surface area contributed by atoms with Crippen molar-refractivity contribution in [2.24, 2.45) is 5.92 Å². The van der Waals surface area contributed by atoms with Gasteiger partial charge in [0.2, 0.25) is 0 Å². The molecule has 1 heterocycles. The van der Waals surface area contributed by atoms with Gasteiger partial charge < -0.3 is 5.11 Å². The van der Waals surface area contributed by atoms with Crippen molar-refractivity contribution in [3.8, 4) is 0 Å². The molecule has 1 aromatic rings. The van der Waals surface area contributed by atoms with Gasteiger partial charge in [0.1, 0.15) is 5.82 Å². The van der Waals surface area contributed by atoms with E-state index < -0.39 is 39.4 Å². The summed E-state index contributed by atoms with van der Waals surface area (Å²) in [6.07, 6.45) is -5.87. The molecule has 1 aromatic carbocycles. The number of sulfone groups is 1. The van der Waals surface area contributed by atoms with Crippen LogP contribution >= 0.6 is 0 Å². The van der Waals surface area contributed by atoms with Crippen molar-refractivity contribution in [3.63, 3.8) is 0 Å². The van der Waals surface area contributed by atoms with Crippen molar-refractivity contribution in [1.82, 2.24) is 0 Å². The normalized spacial score (nSPS) is 23.8. The van der Waals surface area contributed by atoms with E-state index in [0.29, 0.717) is 12.1 Å². The largest absolute Gasteiger partial charge is 0.419 e. The number of aliphatic hydroxyl groups excluding tert-OH is 1. The maximum absolute atomic E-state index is 13.4. The highest BCUT2D eigenvalue weighted by atomic mass is 32.2. The van der Waals surface area contributed by atoms with Gasteiger partial charge in [-0.3, -0.25) is 0 Å². The molecule has 3 nitrogen and oxygen atoms in total. The van der Waals surface area contributed by atoms with Crippen molar-refractivity contribution in [2.75, 3.05) is 11.5 Å². The van der Waals surface area contributed by atoms with E-state index in [1.54, 1.807) is 0 Å². The summed E-state index contributed by atoms with van der Waals surface area (Å²) in [6, 6.07) is 2.14. The molecule has 1 aliphatic heterocycles. The maximum Gasteiger partial charge on any atom is 0.419 e. The average Bonchev–Trinajstić information content (AvgIpc) is 2.67. The molecule has 1 saturated heterocycles. The molecular formula is C12H12F4O3S. The first-order valence-electron chi connectivity index (χ1n) is 5.85. The van der Waals surface area contributed by atoms with Gasteiger partial charge in [-0.15, -0.1) is 0 Å². The van der Waals surface area contributed by atoms with Gasteiger partial charge >= 0.3 is 6.18 Å². The van der Waals surface area contributed by atoms with Crippen molar-refractivity contribution >= 4 is 9.84 Å². The minimum Gasteiger partial charge on any atom is -0.388 e. The number of alkyl halides is 3. The van der Waals surface area contributed by atoms with Crippen molar-refractivity contribution in [1.29, 1.82) is 0 Å². The van der Waals surface area contributed by atoms with Crippen LogP contribution in [0.2, 0.25) is 0 Å². The second kappa shape index (κ2) is 5.00. The third-order valence-electron chi connectivity index (χ3n) is 3.35. The fourth-order valence-electron chi connectivity index (χ4n) is 2.29. The summed E-state index contributed by atoms with van der Waals surface area (Å²) in [4.78, 5) is 0. The molecule has 2 unspecified atom stereocenters. The monoisotopic (exact) mass is 312 g/mol. The zero-order chi connectivity index (χ0) is 15.1. The lowest BCUT2D eigenvalue weighted by atomic mass is 9.94. The van der Waals surface area contributed by atoms with E-state index in [1.165, 1.54) is 0 Å². The van der Waals surface area contributed by atoms with E-state index in [9.17, 15) is 31.1 Å². The van der Waals surface area contributed by atoms with Crippen LogP contribution in [0.5, 0.6) is 0 Å². The van der Waals surface area contributed by atoms with Gasteiger partial charge in [0.15, 0.2) is 9.84 Å². The Morgan fingerprint density at radius 1 is 1.30 bits per heavy atom. The zero-order valence-corrected chi connectivity index (χ0v) is 11.0. The summed E-state index contributed by atoms with van der Waals surface area (Å²) in [5.41, 5.74) is -1.45. The molecule has 0 aliphatic carbocycles. The Labute approximate surface area is 113 Å². The van der Waals surface area contributed by atoms with Crippen LogP contribution in [0.3, 0.4) is 0 Å². The molecule has 1 aliphatic rings. The highest BCUT2D eigenvalue weighted by molar-refractivity contribution is 7.91. The molecule has 0 radical (unpaired) electrons. The molecule has 1 N–H and O–H groups in total. The summed E-state index contributed by atoms with van der Waals surface area (Å²) in [7, 11) is -3.22. The van der Waals surface area contributed by atoms with Gasteiger partial charge in [0, 0.05) is 5.92 Å². The molecule has 0 saturated carbocycles. The first-order chi connectivity index (χ1) is 9.10. The van der Waals surface area contributed by atoms with Crippen LogP contribution < -0.4 is 0 Å². The lowest BCUT2D eigenvalue weighted by molar-refractivity contribution is -0.140. The first kappa shape index (κ1) is 15.2. The molecule has 2 atom stereocenters. The van der Waals surface area contributed by atoms with Gasteiger partial charge in [0.05, 0.1) is 23.2 Å². The predicted molar refractivity (Wildman–Crippen MR) is 63.1 cm³/mol. The lowest BCUT2D eigenvalue weighted by Crippen LogP contribution is -2.15. The maximum atomic E-state index is 13.4. The summed E-state index contributed by atoms with van der Waals surface area (Å²) >= 11 is 0. The van der Waals surface area contributed by atoms with E-state index in [0.717, 1.165) is 6.07 Å². The van der Waals surface area contributed by atoms with Crippen LogP contribution in [0.1, 0.15) is 23.7 Å². The van der Waals surface area contributed by atoms with Crippen LogP contribution in [0.15, 0.2) is 18.2 Å². The SMILES string of the molecule is O=S1(=O)CCC(C(O)c2ccc(C(F)(F)F)c(F)c2)C1. The number of rotatable bonds is 2. The van der Waals surface area contributed by atoms with E-state index >= 15 is 0 Å². The van der Waals surface area contributed by atoms with Crippen molar-refractivity contribution < 1.29 is 31.1 Å². The molecular weight excluding hydrogens is 300 g/mol. The number of hydrogen-bond donors (Lipinski definition) is 1. The molecule has 8 heteroatoms. The standard InChI is InChI=1S/C12H12F4O3S/c13-10-5-7(1-2-9(10)12(14,15)16)11(17)8-3-4-20(18,19)6-8/h1-2,5,8,11,17H,3-4,6H2. The molecule has 0 aromatic heterocycles. The minimum atomic E-state index is -4.80. The molecule has 0 spiro atoms. The van der Waals surface area contributed by atoms with Crippen LogP contribution in [-0.2, 0) is 16.0 Å². The first-order valence-corrected chi connectivity index (χ1v) is 7.67. The molecule has 0 amide bonds. The van der Waals surface area contributed by atoms with Crippen molar-refractivity contribution in [2.45, 2.75) is 18.7 Å². The van der Waals surface area contributed by atoms with Gasteiger partial charge in [-0.05, 0) is 24.1 Å². The van der Waals surface area contributed by atoms with E-state index in [-0.39, 0.29) is 23.5 Å². The molecule has 0 bridgehead atoms. The Hall–Kier alpha value is -1.15. The molecule has 2 rings (SSSR count). The molecule has 1 fully saturated rings. The molecule has 112 valence electrons. The topological polar surface area (TPSA) is 54.4 Å². The van der Waals surface area contributed by atoms with E-state index in [1.807, 2.05) is 0 Å². The van der Waals surface area contributed by atoms with E-state index in [4.69, 9.17) is 0 Å². The van der Waals surface area contributed by atoms with Crippen LogP contribution in [0, 0.1) is 11.7 Å². The van der Waals surface area contributed by atoms with Gasteiger partial charge in [-0.2, -0.15) is 13.2 Å². The lowest BCUT2D eigenvalue weighted by Gasteiger charge is -2.18.